The molecule has 0 radical (unpaired) electrons. The Morgan fingerprint density at radius 1 is 1.17 bits per heavy atom. The van der Waals surface area contributed by atoms with Crippen molar-refractivity contribution in [2.75, 3.05) is 0 Å². The third-order valence-corrected chi connectivity index (χ3v) is 4.18. The average molecular weight is 324 g/mol. The molecule has 0 aliphatic carbocycles. The highest BCUT2D eigenvalue weighted by Gasteiger charge is 2.32. The molecule has 5 nitrogen and oxygen atoms in total. The van der Waals surface area contributed by atoms with Gasteiger partial charge in [-0.25, -0.2) is 0 Å². The molecule has 2 rings (SSSR count). The van der Waals surface area contributed by atoms with E-state index in [4.69, 9.17) is 9.47 Å². The normalized spacial score (nSPS) is 26.1. The molecule has 3 unspecified atom stereocenters. The molecule has 4 atom stereocenters. The Labute approximate surface area is 137 Å². The third kappa shape index (κ3) is 5.37. The number of rotatable bonds is 7. The summed E-state index contributed by atoms with van der Waals surface area (Å²) in [6.45, 7) is 3.90. The number of phenols is 2. The molecule has 130 valence electrons. The lowest BCUT2D eigenvalue weighted by Crippen LogP contribution is -2.34. The van der Waals surface area contributed by atoms with Crippen LogP contribution in [0.15, 0.2) is 18.2 Å². The summed E-state index contributed by atoms with van der Waals surface area (Å²) in [4.78, 5) is 0. The van der Waals surface area contributed by atoms with Gasteiger partial charge in [-0.1, -0.05) is 13.3 Å². The molecule has 3 N–H and O–H groups in total. The van der Waals surface area contributed by atoms with E-state index in [-0.39, 0.29) is 29.8 Å². The van der Waals surface area contributed by atoms with E-state index < -0.39 is 6.29 Å². The van der Waals surface area contributed by atoms with E-state index in [0.717, 1.165) is 38.5 Å². The molecular formula is C18H28O5. The first-order chi connectivity index (χ1) is 11.0. The second-order valence-corrected chi connectivity index (χ2v) is 6.40. The number of hydrogen-bond acceptors (Lipinski definition) is 5. The third-order valence-electron chi connectivity index (χ3n) is 4.18. The fourth-order valence-corrected chi connectivity index (χ4v) is 3.00. The molecular weight excluding hydrogens is 296 g/mol. The highest BCUT2D eigenvalue weighted by molar-refractivity contribution is 5.39. The van der Waals surface area contributed by atoms with Gasteiger partial charge in [0.15, 0.2) is 6.29 Å². The predicted octanol–water partition coefficient (Wildman–Crippen LogP) is 3.62. The molecule has 0 amide bonds. The zero-order chi connectivity index (χ0) is 16.8. The Morgan fingerprint density at radius 2 is 1.87 bits per heavy atom. The first kappa shape index (κ1) is 18.0. The molecule has 1 aromatic rings. The van der Waals surface area contributed by atoms with Crippen LogP contribution in [0.2, 0.25) is 0 Å². The summed E-state index contributed by atoms with van der Waals surface area (Å²) < 4.78 is 12.0. The molecule has 0 aromatic heterocycles. The van der Waals surface area contributed by atoms with E-state index in [1.807, 2.05) is 0 Å². The number of aromatic hydroxyl groups is 2. The SMILES string of the molecule is CCCC1CC(CCC[C@H](C)O)OC(c2cc(O)ccc2O)O1. The summed E-state index contributed by atoms with van der Waals surface area (Å²) >= 11 is 0. The maximum absolute atomic E-state index is 10.0. The fourth-order valence-electron chi connectivity index (χ4n) is 3.00. The Bertz CT molecular complexity index is 488. The van der Waals surface area contributed by atoms with E-state index in [0.29, 0.717) is 5.56 Å². The van der Waals surface area contributed by atoms with Crippen LogP contribution in [0.4, 0.5) is 0 Å². The number of aliphatic hydroxyl groups is 1. The van der Waals surface area contributed by atoms with Crippen LogP contribution in [0.3, 0.4) is 0 Å². The van der Waals surface area contributed by atoms with Crippen molar-refractivity contribution in [3.8, 4) is 11.5 Å². The first-order valence-electron chi connectivity index (χ1n) is 8.50. The highest BCUT2D eigenvalue weighted by Crippen LogP contribution is 2.38. The van der Waals surface area contributed by atoms with Gasteiger partial charge in [-0.3, -0.25) is 0 Å². The molecule has 5 heteroatoms. The smallest absolute Gasteiger partial charge is 0.188 e. The van der Waals surface area contributed by atoms with Gasteiger partial charge in [-0.05, 0) is 50.8 Å². The largest absolute Gasteiger partial charge is 0.508 e. The van der Waals surface area contributed by atoms with E-state index >= 15 is 0 Å². The van der Waals surface area contributed by atoms with Gasteiger partial charge in [0.1, 0.15) is 11.5 Å². The van der Waals surface area contributed by atoms with Gasteiger partial charge in [0.25, 0.3) is 0 Å². The fraction of sp³-hybridized carbons (Fsp3) is 0.667. The zero-order valence-electron chi connectivity index (χ0n) is 13.9. The van der Waals surface area contributed by atoms with Crippen molar-refractivity contribution in [3.05, 3.63) is 23.8 Å². The Morgan fingerprint density at radius 3 is 2.52 bits per heavy atom. The molecule has 1 aliphatic heterocycles. The first-order valence-corrected chi connectivity index (χ1v) is 8.50. The Kier molecular flexibility index (Phi) is 6.69. The molecule has 23 heavy (non-hydrogen) atoms. The molecule has 0 saturated carbocycles. The summed E-state index contributed by atoms with van der Waals surface area (Å²) in [6, 6.07) is 4.37. The number of ether oxygens (including phenoxy) is 2. The van der Waals surface area contributed by atoms with Gasteiger partial charge >= 0.3 is 0 Å². The molecule has 1 aliphatic rings. The summed E-state index contributed by atoms with van der Waals surface area (Å²) in [5.41, 5.74) is 0.464. The number of aliphatic hydroxyl groups excluding tert-OH is 1. The molecule has 1 heterocycles. The van der Waals surface area contributed by atoms with Gasteiger partial charge in [0, 0.05) is 6.42 Å². The van der Waals surface area contributed by atoms with Crippen molar-refractivity contribution in [1.29, 1.82) is 0 Å². The summed E-state index contributed by atoms with van der Waals surface area (Å²) in [7, 11) is 0. The number of benzene rings is 1. The summed E-state index contributed by atoms with van der Waals surface area (Å²) in [5, 5.41) is 29.1. The molecule has 0 bridgehead atoms. The van der Waals surface area contributed by atoms with Crippen molar-refractivity contribution < 1.29 is 24.8 Å². The van der Waals surface area contributed by atoms with Crippen molar-refractivity contribution >= 4 is 0 Å². The van der Waals surface area contributed by atoms with Crippen LogP contribution in [0.5, 0.6) is 11.5 Å². The van der Waals surface area contributed by atoms with Crippen LogP contribution in [0, 0.1) is 0 Å². The van der Waals surface area contributed by atoms with Crippen molar-refractivity contribution in [3.63, 3.8) is 0 Å². The van der Waals surface area contributed by atoms with Crippen LogP contribution in [-0.2, 0) is 9.47 Å². The van der Waals surface area contributed by atoms with Gasteiger partial charge < -0.3 is 24.8 Å². The monoisotopic (exact) mass is 324 g/mol. The molecule has 1 fully saturated rings. The zero-order valence-corrected chi connectivity index (χ0v) is 13.9. The van der Waals surface area contributed by atoms with Gasteiger partial charge in [0.05, 0.1) is 23.9 Å². The molecule has 1 saturated heterocycles. The second kappa shape index (κ2) is 8.52. The summed E-state index contributed by atoms with van der Waals surface area (Å²) in [5.74, 6) is 0.140. The van der Waals surface area contributed by atoms with E-state index in [2.05, 4.69) is 6.92 Å². The van der Waals surface area contributed by atoms with Crippen LogP contribution in [0.25, 0.3) is 0 Å². The van der Waals surface area contributed by atoms with Crippen molar-refractivity contribution in [2.45, 2.75) is 77.0 Å². The average Bonchev–Trinajstić information content (AvgIpc) is 2.49. The van der Waals surface area contributed by atoms with Crippen LogP contribution >= 0.6 is 0 Å². The van der Waals surface area contributed by atoms with Crippen molar-refractivity contribution in [1.82, 2.24) is 0 Å². The Hall–Kier alpha value is -1.30. The van der Waals surface area contributed by atoms with Gasteiger partial charge in [0.2, 0.25) is 0 Å². The molecule has 0 spiro atoms. The minimum Gasteiger partial charge on any atom is -0.508 e. The van der Waals surface area contributed by atoms with Crippen LogP contribution < -0.4 is 0 Å². The maximum Gasteiger partial charge on any atom is 0.188 e. The maximum atomic E-state index is 10.0. The lowest BCUT2D eigenvalue weighted by molar-refractivity contribution is -0.250. The van der Waals surface area contributed by atoms with Gasteiger partial charge in [-0.15, -0.1) is 0 Å². The minimum atomic E-state index is -0.663. The van der Waals surface area contributed by atoms with E-state index in [1.165, 1.54) is 18.2 Å². The predicted molar refractivity (Wildman–Crippen MR) is 87.3 cm³/mol. The summed E-state index contributed by atoms with van der Waals surface area (Å²) in [6.07, 6.45) is 4.42. The van der Waals surface area contributed by atoms with E-state index in [1.54, 1.807) is 6.92 Å². The second-order valence-electron chi connectivity index (χ2n) is 6.40. The van der Waals surface area contributed by atoms with Gasteiger partial charge in [-0.2, -0.15) is 0 Å². The van der Waals surface area contributed by atoms with Crippen LogP contribution in [-0.4, -0.2) is 33.6 Å². The Balaban J connectivity index is 2.07. The quantitative estimate of drug-likeness (QED) is 0.668. The highest BCUT2D eigenvalue weighted by atomic mass is 16.7. The lowest BCUT2D eigenvalue weighted by atomic mass is 10.00. The lowest BCUT2D eigenvalue weighted by Gasteiger charge is -2.36. The number of phenolic OH excluding ortho intramolecular Hbond substituents is 2. The van der Waals surface area contributed by atoms with Crippen LogP contribution in [0.1, 0.15) is 64.2 Å². The van der Waals surface area contributed by atoms with Crippen molar-refractivity contribution in [2.24, 2.45) is 0 Å². The minimum absolute atomic E-state index is 0.0331. The standard InChI is InChI=1S/C18H28O5/c1-3-5-14-11-15(7-4-6-12(2)19)23-18(22-14)16-10-13(20)8-9-17(16)21/h8-10,12,14-15,18-21H,3-7,11H2,1-2H3/t12-,14?,15?,18?/m0/s1. The topological polar surface area (TPSA) is 79.2 Å². The van der Waals surface area contributed by atoms with E-state index in [9.17, 15) is 15.3 Å². The molecule has 1 aromatic carbocycles. The number of hydrogen-bond donors (Lipinski definition) is 3.